The summed E-state index contributed by atoms with van der Waals surface area (Å²) in [4.78, 5) is 2.04. The van der Waals surface area contributed by atoms with Crippen LogP contribution >= 0.6 is 0 Å². The highest BCUT2D eigenvalue weighted by Crippen LogP contribution is 2.10. The molecule has 1 aliphatic heterocycles. The Kier molecular flexibility index (Phi) is 4.53. The third kappa shape index (κ3) is 2.71. The van der Waals surface area contributed by atoms with Crippen LogP contribution in [-0.2, 0) is 4.74 Å². The molecule has 3 N–H and O–H groups in total. The van der Waals surface area contributed by atoms with Gasteiger partial charge >= 0.3 is 0 Å². The first-order valence-corrected chi connectivity index (χ1v) is 4.51. The minimum absolute atomic E-state index is 0.137. The summed E-state index contributed by atoms with van der Waals surface area (Å²) in [5.41, 5.74) is 5.41. The van der Waals surface area contributed by atoms with Crippen molar-refractivity contribution in [3.8, 4) is 0 Å². The van der Waals surface area contributed by atoms with Gasteiger partial charge in [-0.05, 0) is 19.4 Å². The molecular weight excluding hydrogens is 156 g/mol. The van der Waals surface area contributed by atoms with Crippen LogP contribution in [0.25, 0.3) is 0 Å². The quantitative estimate of drug-likeness (QED) is 0.596. The zero-order chi connectivity index (χ0) is 8.81. The molecular formula is C8H18N2O2. The lowest BCUT2D eigenvalue weighted by Gasteiger charge is -2.33. The zero-order valence-corrected chi connectivity index (χ0v) is 7.41. The fraction of sp³-hybridized carbons (Fsp3) is 1.00. The van der Waals surface area contributed by atoms with E-state index < -0.39 is 0 Å². The van der Waals surface area contributed by atoms with E-state index in [2.05, 4.69) is 0 Å². The van der Waals surface area contributed by atoms with Crippen molar-refractivity contribution in [1.82, 2.24) is 4.90 Å². The molecule has 1 atom stereocenters. The van der Waals surface area contributed by atoms with Gasteiger partial charge in [0.15, 0.2) is 0 Å². The Hall–Kier alpha value is -0.160. The van der Waals surface area contributed by atoms with Crippen molar-refractivity contribution in [3.63, 3.8) is 0 Å². The second kappa shape index (κ2) is 5.48. The Balaban J connectivity index is 2.26. The van der Waals surface area contributed by atoms with Gasteiger partial charge in [0.05, 0.1) is 19.9 Å². The highest BCUT2D eigenvalue weighted by atomic mass is 16.5. The lowest BCUT2D eigenvalue weighted by atomic mass is 10.1. The Morgan fingerprint density at radius 3 is 3.08 bits per heavy atom. The molecule has 0 aliphatic carbocycles. The van der Waals surface area contributed by atoms with E-state index in [0.717, 1.165) is 39.1 Å². The van der Waals surface area contributed by atoms with Crippen molar-refractivity contribution in [2.75, 3.05) is 33.0 Å². The van der Waals surface area contributed by atoms with Crippen molar-refractivity contribution in [2.24, 2.45) is 5.73 Å². The molecule has 0 aromatic rings. The number of nitrogens with two attached hydrogens (primary N) is 1. The summed E-state index contributed by atoms with van der Waals surface area (Å²) in [7, 11) is 0. The Morgan fingerprint density at radius 1 is 1.58 bits per heavy atom. The summed E-state index contributed by atoms with van der Waals surface area (Å²) >= 11 is 0. The number of hydrogen-bond acceptors (Lipinski definition) is 4. The smallest absolute Gasteiger partial charge is 0.0960 e. The fourth-order valence-corrected chi connectivity index (χ4v) is 1.49. The molecule has 1 unspecified atom stereocenters. The predicted molar refractivity (Wildman–Crippen MR) is 46.7 cm³/mol. The van der Waals surface area contributed by atoms with E-state index in [1.165, 1.54) is 0 Å². The monoisotopic (exact) mass is 174 g/mol. The molecule has 0 aromatic carbocycles. The van der Waals surface area contributed by atoms with Crippen LogP contribution in [0, 0.1) is 0 Å². The van der Waals surface area contributed by atoms with Gasteiger partial charge in [-0.25, -0.2) is 0 Å². The van der Waals surface area contributed by atoms with E-state index >= 15 is 0 Å². The molecule has 0 radical (unpaired) electrons. The van der Waals surface area contributed by atoms with Gasteiger partial charge in [-0.3, -0.25) is 4.90 Å². The minimum Gasteiger partial charge on any atom is -0.381 e. The number of rotatable bonds is 4. The third-order valence-electron chi connectivity index (χ3n) is 2.27. The van der Waals surface area contributed by atoms with Crippen LogP contribution in [-0.4, -0.2) is 49.1 Å². The fourth-order valence-electron chi connectivity index (χ4n) is 1.49. The number of nitrogens with zero attached hydrogens (tertiary/aromatic N) is 1. The standard InChI is InChI=1S/C8H18N2O2/c9-3-1-2-8-6-12-5-4-10(8)7-11/h8,11H,1-7,9H2. The first kappa shape index (κ1) is 9.92. The van der Waals surface area contributed by atoms with E-state index in [1.54, 1.807) is 0 Å². The van der Waals surface area contributed by atoms with Crippen molar-refractivity contribution in [3.05, 3.63) is 0 Å². The van der Waals surface area contributed by atoms with Gasteiger partial charge in [0.2, 0.25) is 0 Å². The summed E-state index contributed by atoms with van der Waals surface area (Å²) < 4.78 is 5.32. The van der Waals surface area contributed by atoms with Gasteiger partial charge in [0, 0.05) is 12.6 Å². The molecule has 72 valence electrons. The Labute approximate surface area is 73.3 Å². The molecule has 0 spiro atoms. The first-order chi connectivity index (χ1) is 5.88. The summed E-state index contributed by atoms with van der Waals surface area (Å²) in [6.07, 6.45) is 2.03. The van der Waals surface area contributed by atoms with E-state index in [0.29, 0.717) is 6.04 Å². The molecule has 1 heterocycles. The molecule has 4 nitrogen and oxygen atoms in total. The van der Waals surface area contributed by atoms with Gasteiger partial charge in [-0.15, -0.1) is 0 Å². The number of aliphatic hydroxyl groups excluding tert-OH is 1. The van der Waals surface area contributed by atoms with Crippen molar-refractivity contribution in [1.29, 1.82) is 0 Å². The largest absolute Gasteiger partial charge is 0.381 e. The van der Waals surface area contributed by atoms with Gasteiger partial charge in [-0.1, -0.05) is 0 Å². The van der Waals surface area contributed by atoms with Gasteiger partial charge in [0.25, 0.3) is 0 Å². The van der Waals surface area contributed by atoms with Gasteiger partial charge in [0.1, 0.15) is 0 Å². The number of ether oxygens (including phenoxy) is 1. The van der Waals surface area contributed by atoms with Crippen LogP contribution in [0.2, 0.25) is 0 Å². The second-order valence-corrected chi connectivity index (χ2v) is 3.11. The van der Waals surface area contributed by atoms with Crippen LogP contribution < -0.4 is 5.73 Å². The lowest BCUT2D eigenvalue weighted by Crippen LogP contribution is -2.45. The first-order valence-electron chi connectivity index (χ1n) is 4.51. The lowest BCUT2D eigenvalue weighted by molar-refractivity contribution is -0.0477. The minimum atomic E-state index is 0.137. The zero-order valence-electron chi connectivity index (χ0n) is 7.41. The predicted octanol–water partition coefficient (Wildman–Crippen LogP) is -0.624. The topological polar surface area (TPSA) is 58.7 Å². The number of aliphatic hydroxyl groups is 1. The van der Waals surface area contributed by atoms with Crippen LogP contribution in [0.3, 0.4) is 0 Å². The summed E-state index contributed by atoms with van der Waals surface area (Å²) in [5.74, 6) is 0. The highest BCUT2D eigenvalue weighted by molar-refractivity contribution is 4.72. The summed E-state index contributed by atoms with van der Waals surface area (Å²) in [5, 5.41) is 9.00. The average molecular weight is 174 g/mol. The average Bonchev–Trinajstić information content (AvgIpc) is 2.15. The SMILES string of the molecule is NCCCC1COCCN1CO. The van der Waals surface area contributed by atoms with E-state index in [1.807, 2.05) is 4.90 Å². The summed E-state index contributed by atoms with van der Waals surface area (Å²) in [6.45, 7) is 3.17. The molecule has 1 fully saturated rings. The molecule has 0 aromatic heterocycles. The second-order valence-electron chi connectivity index (χ2n) is 3.11. The molecule has 1 aliphatic rings. The van der Waals surface area contributed by atoms with E-state index in [-0.39, 0.29) is 6.73 Å². The van der Waals surface area contributed by atoms with E-state index in [9.17, 15) is 0 Å². The van der Waals surface area contributed by atoms with Crippen LogP contribution in [0.15, 0.2) is 0 Å². The molecule has 4 heteroatoms. The molecule has 0 bridgehead atoms. The highest BCUT2D eigenvalue weighted by Gasteiger charge is 2.20. The maximum Gasteiger partial charge on any atom is 0.0960 e. The van der Waals surface area contributed by atoms with Gasteiger partial charge < -0.3 is 15.6 Å². The van der Waals surface area contributed by atoms with E-state index in [4.69, 9.17) is 15.6 Å². The normalized spacial score (nSPS) is 26.0. The molecule has 1 saturated heterocycles. The van der Waals surface area contributed by atoms with Gasteiger partial charge in [-0.2, -0.15) is 0 Å². The Bertz CT molecular complexity index is 122. The van der Waals surface area contributed by atoms with Crippen molar-refractivity contribution >= 4 is 0 Å². The van der Waals surface area contributed by atoms with Crippen molar-refractivity contribution < 1.29 is 9.84 Å². The molecule has 0 amide bonds. The Morgan fingerprint density at radius 2 is 2.42 bits per heavy atom. The molecule has 0 saturated carbocycles. The third-order valence-corrected chi connectivity index (χ3v) is 2.27. The van der Waals surface area contributed by atoms with Crippen LogP contribution in [0.1, 0.15) is 12.8 Å². The number of morpholine rings is 1. The number of hydrogen-bond donors (Lipinski definition) is 2. The van der Waals surface area contributed by atoms with Crippen LogP contribution in [0.5, 0.6) is 0 Å². The van der Waals surface area contributed by atoms with Crippen LogP contribution in [0.4, 0.5) is 0 Å². The molecule has 12 heavy (non-hydrogen) atoms. The summed E-state index contributed by atoms with van der Waals surface area (Å²) in [6, 6.07) is 0.368. The van der Waals surface area contributed by atoms with Crippen molar-refractivity contribution in [2.45, 2.75) is 18.9 Å². The maximum atomic E-state index is 9.00. The molecule has 1 rings (SSSR count). The maximum absolute atomic E-state index is 9.00.